The van der Waals surface area contributed by atoms with E-state index in [2.05, 4.69) is 34.5 Å². The number of nitrogens with zero attached hydrogens (tertiary/aromatic N) is 1. The number of benzene rings is 2. The third kappa shape index (κ3) is 3.91. The second kappa shape index (κ2) is 7.82. The van der Waals surface area contributed by atoms with Gasteiger partial charge in [-0.15, -0.1) is 0 Å². The van der Waals surface area contributed by atoms with Crippen molar-refractivity contribution in [3.8, 4) is 0 Å². The first-order valence-electron chi connectivity index (χ1n) is 11.4. The predicted octanol–water partition coefficient (Wildman–Crippen LogP) is 4.11. The number of piperidine rings is 1. The Morgan fingerprint density at radius 2 is 1.70 bits per heavy atom. The van der Waals surface area contributed by atoms with Crippen LogP contribution in [0.5, 0.6) is 0 Å². The molecule has 1 amide bonds. The summed E-state index contributed by atoms with van der Waals surface area (Å²) in [5.74, 6) is 0.532. The van der Waals surface area contributed by atoms with E-state index >= 15 is 0 Å². The molecule has 3 aliphatic rings. The topological polar surface area (TPSA) is 52.6 Å². The molecule has 5 rings (SSSR count). The lowest BCUT2D eigenvalue weighted by atomic mass is 9.66. The summed E-state index contributed by atoms with van der Waals surface area (Å²) in [6.07, 6.45) is 7.06. The van der Waals surface area contributed by atoms with E-state index in [-0.39, 0.29) is 11.4 Å². The lowest BCUT2D eigenvalue weighted by molar-refractivity contribution is -0.0939. The number of hydrogen-bond acceptors (Lipinski definition) is 3. The van der Waals surface area contributed by atoms with E-state index in [4.69, 9.17) is 0 Å². The zero-order valence-corrected chi connectivity index (χ0v) is 17.6. The maximum Gasteiger partial charge on any atom is 0.251 e. The quantitative estimate of drug-likeness (QED) is 0.788. The molecule has 158 valence electrons. The molecule has 1 heterocycles. The van der Waals surface area contributed by atoms with E-state index in [1.165, 1.54) is 12.0 Å². The summed E-state index contributed by atoms with van der Waals surface area (Å²) in [5, 5.41) is 14.5. The average Bonchev–Trinajstić information content (AvgIpc) is 2.75. The zero-order valence-electron chi connectivity index (χ0n) is 17.6. The lowest BCUT2D eigenvalue weighted by Crippen LogP contribution is -2.63. The summed E-state index contributed by atoms with van der Waals surface area (Å²) in [7, 11) is 0. The molecule has 2 atom stereocenters. The number of aliphatic hydroxyl groups is 1. The summed E-state index contributed by atoms with van der Waals surface area (Å²) in [5.41, 5.74) is 1.44. The van der Waals surface area contributed by atoms with Gasteiger partial charge in [0.1, 0.15) is 0 Å². The Hall–Kier alpha value is -2.17. The van der Waals surface area contributed by atoms with Gasteiger partial charge in [0.15, 0.2) is 0 Å². The monoisotopic (exact) mass is 404 g/mol. The summed E-state index contributed by atoms with van der Waals surface area (Å²) in [6.45, 7) is 1.72. The Bertz CT molecular complexity index is 878. The molecular weight excluding hydrogens is 372 g/mol. The van der Waals surface area contributed by atoms with Crippen molar-refractivity contribution in [1.82, 2.24) is 10.2 Å². The molecule has 4 nitrogen and oxygen atoms in total. The van der Waals surface area contributed by atoms with Gasteiger partial charge in [-0.3, -0.25) is 9.69 Å². The molecule has 2 aromatic carbocycles. The number of nitrogens with one attached hydrogen (secondary N) is 1. The van der Waals surface area contributed by atoms with Crippen molar-refractivity contribution < 1.29 is 9.90 Å². The number of β-amino-alcohol motifs (C(OH)–C–C–N with tert-alkyl or cyclic N) is 1. The average molecular weight is 405 g/mol. The van der Waals surface area contributed by atoms with Crippen LogP contribution in [0.15, 0.2) is 60.7 Å². The van der Waals surface area contributed by atoms with Crippen LogP contribution < -0.4 is 5.32 Å². The Kier molecular flexibility index (Phi) is 5.16. The van der Waals surface area contributed by atoms with Gasteiger partial charge in [0.05, 0.1) is 5.60 Å². The Balaban J connectivity index is 1.20. The predicted molar refractivity (Wildman–Crippen MR) is 118 cm³/mol. The molecule has 4 heteroatoms. The third-order valence-electron chi connectivity index (χ3n) is 7.65. The van der Waals surface area contributed by atoms with Crippen LogP contribution in [0.2, 0.25) is 0 Å². The van der Waals surface area contributed by atoms with Crippen LogP contribution in [-0.4, -0.2) is 46.2 Å². The fourth-order valence-corrected chi connectivity index (χ4v) is 6.02. The molecule has 2 unspecified atom stereocenters. The minimum absolute atomic E-state index is 0.0491. The second-order valence-corrected chi connectivity index (χ2v) is 9.81. The van der Waals surface area contributed by atoms with Gasteiger partial charge in [0, 0.05) is 30.2 Å². The van der Waals surface area contributed by atoms with Gasteiger partial charge in [-0.25, -0.2) is 0 Å². The molecule has 2 N–H and O–H groups in total. The molecule has 1 saturated heterocycles. The molecule has 2 bridgehead atoms. The van der Waals surface area contributed by atoms with E-state index in [0.717, 1.165) is 57.2 Å². The van der Waals surface area contributed by atoms with Crippen LogP contribution in [0.25, 0.3) is 0 Å². The van der Waals surface area contributed by atoms with Crippen molar-refractivity contribution in [1.29, 1.82) is 0 Å². The van der Waals surface area contributed by atoms with E-state index in [1.807, 2.05) is 36.4 Å². The van der Waals surface area contributed by atoms with Gasteiger partial charge >= 0.3 is 0 Å². The SMILES string of the molecule is O=C(NC12CCCC(C1)N(CC1(O)CC(c3ccccc3)C1)CC2)c1ccccc1. The number of carbonyl (C=O) groups excluding carboxylic acids is 1. The highest BCUT2D eigenvalue weighted by Crippen LogP contribution is 2.47. The van der Waals surface area contributed by atoms with Crippen molar-refractivity contribution in [2.75, 3.05) is 13.1 Å². The maximum atomic E-state index is 12.8. The Morgan fingerprint density at radius 1 is 1.00 bits per heavy atom. The molecule has 1 aliphatic heterocycles. The van der Waals surface area contributed by atoms with Crippen molar-refractivity contribution in [3.63, 3.8) is 0 Å². The van der Waals surface area contributed by atoms with Gasteiger partial charge in [0.25, 0.3) is 5.91 Å². The number of amides is 1. The highest BCUT2D eigenvalue weighted by Gasteiger charge is 2.49. The minimum atomic E-state index is -0.564. The van der Waals surface area contributed by atoms with Gasteiger partial charge in [-0.2, -0.15) is 0 Å². The lowest BCUT2D eigenvalue weighted by Gasteiger charge is -2.54. The molecule has 2 saturated carbocycles. The standard InChI is InChI=1S/C26H32N2O2/c29-24(21-10-5-2-6-11-21)27-25-13-7-12-23(18-25)28(15-14-25)19-26(30)16-22(17-26)20-8-3-1-4-9-20/h1-6,8-11,22-23,30H,7,12-19H2,(H,27,29). The first kappa shape index (κ1) is 19.8. The van der Waals surface area contributed by atoms with E-state index in [9.17, 15) is 9.90 Å². The van der Waals surface area contributed by atoms with Crippen LogP contribution in [0.1, 0.15) is 66.8 Å². The molecule has 3 fully saturated rings. The van der Waals surface area contributed by atoms with Crippen molar-refractivity contribution in [3.05, 3.63) is 71.8 Å². The molecule has 30 heavy (non-hydrogen) atoms. The largest absolute Gasteiger partial charge is 0.389 e. The van der Waals surface area contributed by atoms with Crippen molar-refractivity contribution in [2.45, 2.75) is 68.0 Å². The van der Waals surface area contributed by atoms with Crippen LogP contribution in [0.4, 0.5) is 0 Å². The Labute approximate surface area is 179 Å². The van der Waals surface area contributed by atoms with Crippen LogP contribution in [0.3, 0.4) is 0 Å². The first-order chi connectivity index (χ1) is 14.5. The zero-order chi connectivity index (χ0) is 20.6. The molecule has 0 radical (unpaired) electrons. The minimum Gasteiger partial charge on any atom is -0.389 e. The smallest absolute Gasteiger partial charge is 0.251 e. The molecule has 0 aromatic heterocycles. The van der Waals surface area contributed by atoms with Gasteiger partial charge in [0.2, 0.25) is 0 Å². The number of fused-ring (bicyclic) bond motifs is 2. The van der Waals surface area contributed by atoms with Gasteiger partial charge in [-0.05, 0) is 68.6 Å². The van der Waals surface area contributed by atoms with Crippen LogP contribution >= 0.6 is 0 Å². The van der Waals surface area contributed by atoms with E-state index < -0.39 is 5.60 Å². The highest BCUT2D eigenvalue weighted by molar-refractivity contribution is 5.94. The number of likely N-dealkylation sites (tertiary alicyclic amines) is 1. The third-order valence-corrected chi connectivity index (χ3v) is 7.65. The van der Waals surface area contributed by atoms with Gasteiger partial charge < -0.3 is 10.4 Å². The van der Waals surface area contributed by atoms with Crippen LogP contribution in [0, 0.1) is 0 Å². The van der Waals surface area contributed by atoms with Crippen molar-refractivity contribution in [2.24, 2.45) is 0 Å². The number of carbonyl (C=O) groups is 1. The normalized spacial score (nSPS) is 33.5. The highest BCUT2D eigenvalue weighted by atomic mass is 16.3. The summed E-state index contributed by atoms with van der Waals surface area (Å²) >= 11 is 0. The number of rotatable bonds is 5. The molecule has 2 aliphatic carbocycles. The molecular formula is C26H32N2O2. The van der Waals surface area contributed by atoms with E-state index in [0.29, 0.717) is 12.0 Å². The fraction of sp³-hybridized carbons (Fsp3) is 0.500. The van der Waals surface area contributed by atoms with Crippen molar-refractivity contribution >= 4 is 5.91 Å². The van der Waals surface area contributed by atoms with Crippen LogP contribution in [-0.2, 0) is 0 Å². The second-order valence-electron chi connectivity index (χ2n) is 9.81. The first-order valence-corrected chi connectivity index (χ1v) is 11.4. The molecule has 0 spiro atoms. The Morgan fingerprint density at radius 3 is 2.43 bits per heavy atom. The fourth-order valence-electron chi connectivity index (χ4n) is 6.02. The molecule has 2 aromatic rings. The summed E-state index contributed by atoms with van der Waals surface area (Å²) < 4.78 is 0. The summed E-state index contributed by atoms with van der Waals surface area (Å²) in [6, 6.07) is 20.6. The number of hydrogen-bond donors (Lipinski definition) is 2. The van der Waals surface area contributed by atoms with E-state index in [1.54, 1.807) is 0 Å². The van der Waals surface area contributed by atoms with Gasteiger partial charge in [-0.1, -0.05) is 48.5 Å². The summed E-state index contributed by atoms with van der Waals surface area (Å²) in [4.78, 5) is 15.3. The maximum absolute atomic E-state index is 12.8.